The molecule has 1 aromatic rings. The zero-order valence-corrected chi connectivity index (χ0v) is 12.5. The van der Waals surface area contributed by atoms with Crippen molar-refractivity contribution in [2.24, 2.45) is 5.73 Å². The number of carbonyl (C=O) groups excluding carboxylic acids is 1. The van der Waals surface area contributed by atoms with E-state index < -0.39 is 0 Å². The maximum Gasteiger partial charge on any atom is 0.252 e. The van der Waals surface area contributed by atoms with E-state index in [4.69, 9.17) is 5.73 Å². The van der Waals surface area contributed by atoms with Crippen LogP contribution in [0.5, 0.6) is 0 Å². The molecular formula is C13H18BrClN2O. The van der Waals surface area contributed by atoms with Gasteiger partial charge in [-0.15, -0.1) is 12.4 Å². The average Bonchev–Trinajstić information content (AvgIpc) is 2.32. The van der Waals surface area contributed by atoms with Crippen LogP contribution in [0.2, 0.25) is 0 Å². The van der Waals surface area contributed by atoms with E-state index in [1.54, 1.807) is 0 Å². The van der Waals surface area contributed by atoms with Crippen molar-refractivity contribution in [3.05, 3.63) is 34.3 Å². The molecule has 1 saturated carbocycles. The van der Waals surface area contributed by atoms with Gasteiger partial charge in [0.15, 0.2) is 0 Å². The average molecular weight is 334 g/mol. The fourth-order valence-electron chi connectivity index (χ4n) is 2.17. The molecule has 0 saturated heterocycles. The van der Waals surface area contributed by atoms with Gasteiger partial charge < -0.3 is 11.1 Å². The highest BCUT2D eigenvalue weighted by Crippen LogP contribution is 2.19. The first-order valence-corrected chi connectivity index (χ1v) is 6.77. The van der Waals surface area contributed by atoms with Crippen molar-refractivity contribution in [1.82, 2.24) is 5.32 Å². The van der Waals surface area contributed by atoms with Gasteiger partial charge in [-0.1, -0.05) is 12.1 Å². The Hall–Kier alpha value is -0.580. The van der Waals surface area contributed by atoms with Crippen LogP contribution in [0.3, 0.4) is 0 Å². The summed E-state index contributed by atoms with van der Waals surface area (Å²) in [4.78, 5) is 12.0. The summed E-state index contributed by atoms with van der Waals surface area (Å²) >= 11 is 3.39. The highest BCUT2D eigenvalue weighted by Gasteiger charge is 2.21. The fraction of sp³-hybridized carbons (Fsp3) is 0.462. The smallest absolute Gasteiger partial charge is 0.252 e. The number of halogens is 2. The Labute approximate surface area is 122 Å². The van der Waals surface area contributed by atoms with E-state index in [0.717, 1.165) is 30.2 Å². The van der Waals surface area contributed by atoms with Crippen LogP contribution in [0.15, 0.2) is 28.7 Å². The predicted molar refractivity (Wildman–Crippen MR) is 79.1 cm³/mol. The van der Waals surface area contributed by atoms with Gasteiger partial charge in [0.2, 0.25) is 0 Å². The molecule has 1 aliphatic rings. The Morgan fingerprint density at radius 3 is 2.44 bits per heavy atom. The first-order chi connectivity index (χ1) is 8.16. The zero-order valence-electron chi connectivity index (χ0n) is 10.1. The van der Waals surface area contributed by atoms with Crippen LogP contribution in [-0.4, -0.2) is 18.0 Å². The van der Waals surface area contributed by atoms with Crippen molar-refractivity contribution < 1.29 is 4.79 Å². The molecule has 3 nitrogen and oxygen atoms in total. The molecule has 18 heavy (non-hydrogen) atoms. The maximum atomic E-state index is 12.0. The minimum Gasteiger partial charge on any atom is -0.349 e. The predicted octanol–water partition coefficient (Wildman–Crippen LogP) is 2.87. The fourth-order valence-corrected chi connectivity index (χ4v) is 2.64. The second-order valence-electron chi connectivity index (χ2n) is 4.57. The Morgan fingerprint density at radius 1 is 1.22 bits per heavy atom. The van der Waals surface area contributed by atoms with Crippen molar-refractivity contribution in [1.29, 1.82) is 0 Å². The number of nitrogens with two attached hydrogens (primary N) is 1. The van der Waals surface area contributed by atoms with E-state index in [-0.39, 0.29) is 24.4 Å². The van der Waals surface area contributed by atoms with E-state index >= 15 is 0 Å². The van der Waals surface area contributed by atoms with Gasteiger partial charge in [-0.05, 0) is 53.7 Å². The molecule has 0 bridgehead atoms. The summed E-state index contributed by atoms with van der Waals surface area (Å²) in [7, 11) is 0. The standard InChI is InChI=1S/C13H17BrN2O.ClH/c14-12-4-2-1-3-11(12)13(17)16-10-7-5-9(15)6-8-10;/h1-4,9-10H,5-8,15H2,(H,16,17);1H. The lowest BCUT2D eigenvalue weighted by molar-refractivity contribution is 0.0925. The number of amides is 1. The van der Waals surface area contributed by atoms with Crippen molar-refractivity contribution in [2.75, 3.05) is 0 Å². The number of carbonyl (C=O) groups is 1. The summed E-state index contributed by atoms with van der Waals surface area (Å²) < 4.78 is 0.838. The van der Waals surface area contributed by atoms with Crippen molar-refractivity contribution in [3.8, 4) is 0 Å². The van der Waals surface area contributed by atoms with Gasteiger partial charge in [-0.25, -0.2) is 0 Å². The van der Waals surface area contributed by atoms with Crippen molar-refractivity contribution in [3.63, 3.8) is 0 Å². The van der Waals surface area contributed by atoms with Crippen molar-refractivity contribution >= 4 is 34.2 Å². The van der Waals surface area contributed by atoms with E-state index in [9.17, 15) is 4.79 Å². The van der Waals surface area contributed by atoms with Crippen LogP contribution in [-0.2, 0) is 0 Å². The highest BCUT2D eigenvalue weighted by atomic mass is 79.9. The van der Waals surface area contributed by atoms with Gasteiger partial charge >= 0.3 is 0 Å². The van der Waals surface area contributed by atoms with E-state index in [1.807, 2.05) is 24.3 Å². The lowest BCUT2D eigenvalue weighted by Gasteiger charge is -2.26. The van der Waals surface area contributed by atoms with Gasteiger partial charge in [-0.3, -0.25) is 4.79 Å². The first kappa shape index (κ1) is 15.5. The number of rotatable bonds is 2. The lowest BCUT2D eigenvalue weighted by atomic mass is 9.91. The number of benzene rings is 1. The molecule has 0 atom stereocenters. The van der Waals surface area contributed by atoms with Crippen LogP contribution >= 0.6 is 28.3 Å². The molecule has 0 heterocycles. The maximum absolute atomic E-state index is 12.0. The third-order valence-electron chi connectivity index (χ3n) is 3.23. The van der Waals surface area contributed by atoms with Gasteiger partial charge in [0.05, 0.1) is 5.56 Å². The number of hydrogen-bond donors (Lipinski definition) is 2. The van der Waals surface area contributed by atoms with E-state index in [1.165, 1.54) is 0 Å². The molecule has 0 unspecified atom stereocenters. The molecule has 0 aromatic heterocycles. The van der Waals surface area contributed by atoms with Gasteiger partial charge in [0.25, 0.3) is 5.91 Å². The molecule has 1 amide bonds. The quantitative estimate of drug-likeness (QED) is 0.874. The third-order valence-corrected chi connectivity index (χ3v) is 3.92. The molecule has 100 valence electrons. The SMILES string of the molecule is Cl.NC1CCC(NC(=O)c2ccccc2Br)CC1. The summed E-state index contributed by atoms with van der Waals surface area (Å²) in [6, 6.07) is 8.07. The second kappa shape index (κ2) is 7.12. The molecule has 5 heteroatoms. The lowest BCUT2D eigenvalue weighted by Crippen LogP contribution is -2.40. The van der Waals surface area contributed by atoms with Gasteiger partial charge in [0, 0.05) is 16.6 Å². The third kappa shape index (κ3) is 3.97. The molecule has 1 aliphatic carbocycles. The zero-order chi connectivity index (χ0) is 12.3. The van der Waals surface area contributed by atoms with Crippen LogP contribution in [0.1, 0.15) is 36.0 Å². The van der Waals surface area contributed by atoms with Gasteiger partial charge in [0.1, 0.15) is 0 Å². The first-order valence-electron chi connectivity index (χ1n) is 5.98. The monoisotopic (exact) mass is 332 g/mol. The topological polar surface area (TPSA) is 55.1 Å². The Kier molecular flexibility index (Phi) is 6.12. The van der Waals surface area contributed by atoms with Crippen LogP contribution < -0.4 is 11.1 Å². The summed E-state index contributed by atoms with van der Waals surface area (Å²) in [5.41, 5.74) is 6.54. The molecule has 2 rings (SSSR count). The molecule has 0 spiro atoms. The normalized spacial score (nSPS) is 23.0. The Balaban J connectivity index is 0.00000162. The molecule has 0 radical (unpaired) electrons. The second-order valence-corrected chi connectivity index (χ2v) is 5.42. The summed E-state index contributed by atoms with van der Waals surface area (Å²) in [5.74, 6) is -0.00190. The molecular weight excluding hydrogens is 316 g/mol. The minimum atomic E-state index is -0.00190. The summed E-state index contributed by atoms with van der Waals surface area (Å²) in [6.07, 6.45) is 3.97. The molecule has 1 fully saturated rings. The highest BCUT2D eigenvalue weighted by molar-refractivity contribution is 9.10. The Morgan fingerprint density at radius 2 is 1.83 bits per heavy atom. The van der Waals surface area contributed by atoms with E-state index in [2.05, 4.69) is 21.2 Å². The van der Waals surface area contributed by atoms with Gasteiger partial charge in [-0.2, -0.15) is 0 Å². The largest absolute Gasteiger partial charge is 0.349 e. The van der Waals surface area contributed by atoms with Crippen LogP contribution in [0, 0.1) is 0 Å². The van der Waals surface area contributed by atoms with Crippen LogP contribution in [0.4, 0.5) is 0 Å². The summed E-state index contributed by atoms with van der Waals surface area (Å²) in [6.45, 7) is 0. The molecule has 3 N–H and O–H groups in total. The minimum absolute atomic E-state index is 0. The Bertz CT molecular complexity index is 406. The molecule has 0 aliphatic heterocycles. The molecule has 1 aromatic carbocycles. The number of nitrogens with one attached hydrogen (secondary N) is 1. The van der Waals surface area contributed by atoms with Crippen molar-refractivity contribution in [2.45, 2.75) is 37.8 Å². The van der Waals surface area contributed by atoms with E-state index in [0.29, 0.717) is 11.6 Å². The number of hydrogen-bond acceptors (Lipinski definition) is 2. The summed E-state index contributed by atoms with van der Waals surface area (Å²) in [5, 5.41) is 3.07. The van der Waals surface area contributed by atoms with Crippen LogP contribution in [0.25, 0.3) is 0 Å².